The number of hydrogen-bond donors (Lipinski definition) is 1. The first-order valence-corrected chi connectivity index (χ1v) is 9.74. The third-order valence-electron chi connectivity index (χ3n) is 5.78. The Balaban J connectivity index is 1.58. The Hall–Kier alpha value is -3.22. The maximum absolute atomic E-state index is 13.2. The zero-order valence-corrected chi connectivity index (χ0v) is 16.9. The number of rotatable bonds is 4. The van der Waals surface area contributed by atoms with Crippen LogP contribution in [0.2, 0.25) is 0 Å². The highest BCUT2D eigenvalue weighted by Crippen LogP contribution is 2.48. The molecule has 3 amide bonds. The van der Waals surface area contributed by atoms with E-state index in [-0.39, 0.29) is 11.9 Å². The molecular weight excluding hydrogens is 370 g/mol. The van der Waals surface area contributed by atoms with E-state index < -0.39 is 5.41 Å². The number of urea groups is 1. The van der Waals surface area contributed by atoms with E-state index in [1.165, 1.54) is 0 Å². The van der Waals surface area contributed by atoms with E-state index in [1.54, 1.807) is 24.0 Å². The van der Waals surface area contributed by atoms with Crippen molar-refractivity contribution < 1.29 is 19.1 Å². The Morgan fingerprint density at radius 3 is 2.79 bits per heavy atom. The minimum absolute atomic E-state index is 0.0192. The first-order chi connectivity index (χ1) is 14.0. The van der Waals surface area contributed by atoms with Gasteiger partial charge in [-0.25, -0.2) is 4.79 Å². The van der Waals surface area contributed by atoms with Crippen molar-refractivity contribution in [3.63, 3.8) is 0 Å². The topological polar surface area (TPSA) is 71.1 Å². The highest BCUT2D eigenvalue weighted by molar-refractivity contribution is 6.09. The van der Waals surface area contributed by atoms with Crippen molar-refractivity contribution in [1.82, 2.24) is 4.90 Å². The first-order valence-electron chi connectivity index (χ1n) is 9.74. The number of hydrogen-bond acceptors (Lipinski definition) is 4. The van der Waals surface area contributed by atoms with Gasteiger partial charge >= 0.3 is 6.03 Å². The Kier molecular flexibility index (Phi) is 4.82. The number of nitrogens with one attached hydrogen (secondary N) is 1. The van der Waals surface area contributed by atoms with E-state index >= 15 is 0 Å². The van der Waals surface area contributed by atoms with Gasteiger partial charge in [0.25, 0.3) is 0 Å². The fraction of sp³-hybridized carbons (Fsp3) is 0.364. The van der Waals surface area contributed by atoms with Crippen LogP contribution < -0.4 is 19.7 Å². The lowest BCUT2D eigenvalue weighted by Crippen LogP contribution is -2.43. The van der Waals surface area contributed by atoms with Crippen molar-refractivity contribution in [1.29, 1.82) is 0 Å². The van der Waals surface area contributed by atoms with Gasteiger partial charge in [-0.1, -0.05) is 12.1 Å². The number of methoxy groups -OCH3 is 1. The molecular formula is C22H25N3O4. The number of anilines is 2. The van der Waals surface area contributed by atoms with Gasteiger partial charge in [0.2, 0.25) is 5.91 Å². The molecule has 1 spiro atoms. The number of likely N-dealkylation sites (N-methyl/N-ethyl adjacent to an activating group) is 1. The summed E-state index contributed by atoms with van der Waals surface area (Å²) in [6.45, 7) is 3.24. The standard InChI is InChI=1S/C22H25N3O4/c1-4-29-19-8-6-5-7-17(19)23-21(27)25-12-11-22(14-25)16-13-15(28-3)9-10-18(16)24(2)20(22)26/h5-10,13H,4,11-12,14H2,1-3H3,(H,23,27)/t22-/m1/s1. The second-order valence-electron chi connectivity index (χ2n) is 7.36. The summed E-state index contributed by atoms with van der Waals surface area (Å²) in [5.74, 6) is 1.36. The van der Waals surface area contributed by atoms with Crippen molar-refractivity contribution in [2.24, 2.45) is 0 Å². The number of para-hydroxylation sites is 2. The average molecular weight is 395 g/mol. The van der Waals surface area contributed by atoms with E-state index in [4.69, 9.17) is 9.47 Å². The van der Waals surface area contributed by atoms with Gasteiger partial charge in [0.1, 0.15) is 11.5 Å². The van der Waals surface area contributed by atoms with Crippen LogP contribution in [0.3, 0.4) is 0 Å². The second kappa shape index (κ2) is 7.31. The molecule has 1 saturated heterocycles. The van der Waals surface area contributed by atoms with Gasteiger partial charge in [-0.05, 0) is 49.2 Å². The number of nitrogens with zero attached hydrogens (tertiary/aromatic N) is 2. The summed E-state index contributed by atoms with van der Waals surface area (Å²) in [6.07, 6.45) is 0.580. The van der Waals surface area contributed by atoms with Gasteiger partial charge < -0.3 is 24.6 Å². The van der Waals surface area contributed by atoms with Crippen molar-refractivity contribution in [3.8, 4) is 11.5 Å². The summed E-state index contributed by atoms with van der Waals surface area (Å²) in [5, 5.41) is 2.93. The second-order valence-corrected chi connectivity index (χ2v) is 7.36. The number of ether oxygens (including phenoxy) is 2. The van der Waals surface area contributed by atoms with E-state index in [2.05, 4.69) is 5.32 Å². The Labute approximate surface area is 170 Å². The summed E-state index contributed by atoms with van der Waals surface area (Å²) in [4.78, 5) is 29.5. The molecule has 1 fully saturated rings. The third-order valence-corrected chi connectivity index (χ3v) is 5.78. The van der Waals surface area contributed by atoms with E-state index in [0.717, 1.165) is 11.3 Å². The van der Waals surface area contributed by atoms with Crippen molar-refractivity contribution >= 4 is 23.3 Å². The van der Waals surface area contributed by atoms with E-state index in [0.29, 0.717) is 43.3 Å². The van der Waals surface area contributed by atoms with Crippen LogP contribution in [-0.4, -0.2) is 50.7 Å². The van der Waals surface area contributed by atoms with E-state index in [1.807, 2.05) is 49.4 Å². The largest absolute Gasteiger partial charge is 0.497 e. The normalized spacial score (nSPS) is 20.2. The van der Waals surface area contributed by atoms with Gasteiger partial charge in [-0.2, -0.15) is 0 Å². The molecule has 7 heteroatoms. The number of likely N-dealkylation sites (tertiary alicyclic amines) is 1. The first kappa shape index (κ1) is 19.1. The lowest BCUT2D eigenvalue weighted by Gasteiger charge is -2.24. The minimum atomic E-state index is -0.727. The predicted molar refractivity (Wildman–Crippen MR) is 111 cm³/mol. The number of carbonyl (C=O) groups is 2. The third kappa shape index (κ3) is 3.06. The molecule has 152 valence electrons. The average Bonchev–Trinajstić information content (AvgIpc) is 3.27. The van der Waals surface area contributed by atoms with Crippen molar-refractivity contribution in [2.75, 3.05) is 44.1 Å². The fourth-order valence-corrected chi connectivity index (χ4v) is 4.29. The van der Waals surface area contributed by atoms with Crippen LogP contribution in [0.5, 0.6) is 11.5 Å². The molecule has 0 aliphatic carbocycles. The molecule has 2 aliphatic heterocycles. The molecule has 0 radical (unpaired) electrons. The van der Waals surface area contributed by atoms with E-state index in [9.17, 15) is 9.59 Å². The molecule has 0 unspecified atom stereocenters. The molecule has 2 aliphatic rings. The number of fused-ring (bicyclic) bond motifs is 2. The molecule has 29 heavy (non-hydrogen) atoms. The van der Waals surface area contributed by atoms with Crippen molar-refractivity contribution in [3.05, 3.63) is 48.0 Å². The molecule has 0 bridgehead atoms. The molecule has 4 rings (SSSR count). The molecule has 7 nitrogen and oxygen atoms in total. The van der Waals surface area contributed by atoms with Gasteiger partial charge in [0.05, 0.1) is 24.8 Å². The molecule has 2 heterocycles. The molecule has 0 saturated carbocycles. The Morgan fingerprint density at radius 1 is 1.24 bits per heavy atom. The molecule has 0 aromatic heterocycles. The zero-order chi connectivity index (χ0) is 20.6. The molecule has 2 aromatic carbocycles. The van der Waals surface area contributed by atoms with Crippen LogP contribution in [0.15, 0.2) is 42.5 Å². The van der Waals surface area contributed by atoms with Crippen LogP contribution in [0.1, 0.15) is 18.9 Å². The van der Waals surface area contributed by atoms with Crippen LogP contribution >= 0.6 is 0 Å². The highest BCUT2D eigenvalue weighted by atomic mass is 16.5. The van der Waals surface area contributed by atoms with Crippen molar-refractivity contribution in [2.45, 2.75) is 18.8 Å². The lowest BCUT2D eigenvalue weighted by atomic mass is 9.81. The fourth-order valence-electron chi connectivity index (χ4n) is 4.29. The van der Waals surface area contributed by atoms with Gasteiger partial charge in [0, 0.05) is 25.8 Å². The Bertz CT molecular complexity index is 961. The van der Waals surface area contributed by atoms with Crippen LogP contribution in [0, 0.1) is 0 Å². The summed E-state index contributed by atoms with van der Waals surface area (Å²) < 4.78 is 11.0. The summed E-state index contributed by atoms with van der Waals surface area (Å²) in [7, 11) is 3.39. The SMILES string of the molecule is CCOc1ccccc1NC(=O)N1CC[C@]2(C1)C(=O)N(C)c1ccc(OC)cc12. The van der Waals surface area contributed by atoms with Gasteiger partial charge in [-0.15, -0.1) is 0 Å². The number of carbonyl (C=O) groups excluding carboxylic acids is 2. The van der Waals surface area contributed by atoms with Crippen LogP contribution in [-0.2, 0) is 10.2 Å². The highest BCUT2D eigenvalue weighted by Gasteiger charge is 2.54. The predicted octanol–water partition coefficient (Wildman–Crippen LogP) is 3.25. The minimum Gasteiger partial charge on any atom is -0.497 e. The molecule has 2 aromatic rings. The Morgan fingerprint density at radius 2 is 2.03 bits per heavy atom. The monoisotopic (exact) mass is 395 g/mol. The van der Waals surface area contributed by atoms with Gasteiger partial charge in [0.15, 0.2) is 0 Å². The smallest absolute Gasteiger partial charge is 0.321 e. The summed E-state index contributed by atoms with van der Waals surface area (Å²) >= 11 is 0. The number of amides is 3. The van der Waals surface area contributed by atoms with Crippen LogP contribution in [0.4, 0.5) is 16.2 Å². The quantitative estimate of drug-likeness (QED) is 0.863. The molecule has 1 atom stereocenters. The van der Waals surface area contributed by atoms with Crippen LogP contribution in [0.25, 0.3) is 0 Å². The summed E-state index contributed by atoms with van der Waals surface area (Å²) in [5.41, 5.74) is 1.70. The maximum atomic E-state index is 13.2. The summed E-state index contributed by atoms with van der Waals surface area (Å²) in [6, 6.07) is 12.8. The number of benzene rings is 2. The van der Waals surface area contributed by atoms with Gasteiger partial charge in [-0.3, -0.25) is 4.79 Å². The maximum Gasteiger partial charge on any atom is 0.321 e. The molecule has 1 N–H and O–H groups in total. The lowest BCUT2D eigenvalue weighted by molar-refractivity contribution is -0.122. The zero-order valence-electron chi connectivity index (χ0n) is 16.9.